The van der Waals surface area contributed by atoms with Crippen LogP contribution in [-0.2, 0) is 16.0 Å². The number of hydrogen-bond acceptors (Lipinski definition) is 6. The minimum atomic E-state index is -0.205. The zero-order valence-electron chi connectivity index (χ0n) is 20.6. The van der Waals surface area contributed by atoms with Crippen molar-refractivity contribution in [3.8, 4) is 28.5 Å². The molecule has 0 aliphatic heterocycles. The molecule has 0 radical (unpaired) electrons. The molecule has 0 saturated heterocycles. The standard InChI is InChI=1S/C29H30N2O4/c1-19-17-23(14-12-22(19)13-15-27(32)33-4)34-18-20(2)28-21(3)35-29(31-28)25-10-6-5-9-24(25)26-11-7-8-16-30-26/h5-12,14,16-17,20H,13,15,18H2,1-4H3. The fourth-order valence-corrected chi connectivity index (χ4v) is 4.07. The molecule has 0 N–H and O–H groups in total. The topological polar surface area (TPSA) is 74.5 Å². The normalized spacial score (nSPS) is 11.8. The van der Waals surface area contributed by atoms with E-state index in [-0.39, 0.29) is 11.9 Å². The smallest absolute Gasteiger partial charge is 0.305 e. The summed E-state index contributed by atoms with van der Waals surface area (Å²) in [6.07, 6.45) is 2.80. The number of esters is 1. The van der Waals surface area contributed by atoms with Crippen LogP contribution in [0.15, 0.2) is 71.3 Å². The van der Waals surface area contributed by atoms with E-state index in [0.29, 0.717) is 25.3 Å². The van der Waals surface area contributed by atoms with Crippen molar-refractivity contribution in [2.24, 2.45) is 0 Å². The van der Waals surface area contributed by atoms with Gasteiger partial charge in [-0.3, -0.25) is 9.78 Å². The summed E-state index contributed by atoms with van der Waals surface area (Å²) in [4.78, 5) is 20.8. The molecule has 2 aromatic heterocycles. The first-order valence-corrected chi connectivity index (χ1v) is 11.7. The number of aromatic nitrogens is 2. The van der Waals surface area contributed by atoms with Crippen molar-refractivity contribution in [2.75, 3.05) is 13.7 Å². The van der Waals surface area contributed by atoms with Gasteiger partial charge in [-0.1, -0.05) is 37.3 Å². The summed E-state index contributed by atoms with van der Waals surface area (Å²) in [6.45, 7) is 6.51. The molecule has 1 unspecified atom stereocenters. The zero-order chi connectivity index (χ0) is 24.8. The SMILES string of the molecule is COC(=O)CCc1ccc(OCC(C)c2nc(-c3ccccc3-c3ccccn3)oc2C)cc1C. The van der Waals surface area contributed by atoms with Crippen molar-refractivity contribution in [3.63, 3.8) is 0 Å². The van der Waals surface area contributed by atoms with Crippen LogP contribution in [-0.4, -0.2) is 29.7 Å². The summed E-state index contributed by atoms with van der Waals surface area (Å²) < 4.78 is 16.9. The summed E-state index contributed by atoms with van der Waals surface area (Å²) in [5.74, 6) is 1.98. The number of nitrogens with zero attached hydrogens (tertiary/aromatic N) is 2. The van der Waals surface area contributed by atoms with Crippen LogP contribution < -0.4 is 4.74 Å². The molecule has 6 nitrogen and oxygen atoms in total. The maximum atomic E-state index is 11.4. The lowest BCUT2D eigenvalue weighted by atomic mass is 10.0. The van der Waals surface area contributed by atoms with E-state index in [1.807, 2.05) is 74.5 Å². The summed E-state index contributed by atoms with van der Waals surface area (Å²) in [5.41, 5.74) is 5.84. The number of pyridine rings is 1. The van der Waals surface area contributed by atoms with Crippen molar-refractivity contribution >= 4 is 5.97 Å². The molecule has 0 fully saturated rings. The second kappa shape index (κ2) is 11.0. The third-order valence-corrected chi connectivity index (χ3v) is 6.04. The molecule has 35 heavy (non-hydrogen) atoms. The Bertz CT molecular complexity index is 1300. The van der Waals surface area contributed by atoms with Crippen LogP contribution in [0.3, 0.4) is 0 Å². The second-order valence-corrected chi connectivity index (χ2v) is 8.60. The number of ether oxygens (including phenoxy) is 2. The third kappa shape index (κ3) is 5.77. The lowest BCUT2D eigenvalue weighted by Crippen LogP contribution is -2.09. The monoisotopic (exact) mass is 470 g/mol. The Balaban J connectivity index is 1.46. The van der Waals surface area contributed by atoms with Gasteiger partial charge in [-0.15, -0.1) is 0 Å². The van der Waals surface area contributed by atoms with Crippen LogP contribution in [0.25, 0.3) is 22.7 Å². The number of rotatable bonds is 9. The van der Waals surface area contributed by atoms with E-state index >= 15 is 0 Å². The quantitative estimate of drug-likeness (QED) is 0.267. The van der Waals surface area contributed by atoms with Gasteiger partial charge in [-0.25, -0.2) is 4.98 Å². The molecule has 1 atom stereocenters. The van der Waals surface area contributed by atoms with E-state index in [9.17, 15) is 4.79 Å². The van der Waals surface area contributed by atoms with Crippen LogP contribution in [0.1, 0.15) is 41.8 Å². The summed E-state index contributed by atoms with van der Waals surface area (Å²) in [6, 6.07) is 19.8. The Morgan fingerprint density at radius 3 is 2.51 bits per heavy atom. The molecular weight excluding hydrogens is 440 g/mol. The van der Waals surface area contributed by atoms with E-state index in [1.165, 1.54) is 7.11 Å². The van der Waals surface area contributed by atoms with E-state index in [4.69, 9.17) is 18.9 Å². The third-order valence-electron chi connectivity index (χ3n) is 6.04. The predicted octanol–water partition coefficient (Wildman–Crippen LogP) is 6.31. The van der Waals surface area contributed by atoms with Crippen LogP contribution in [0, 0.1) is 13.8 Å². The molecule has 4 rings (SSSR count). The van der Waals surface area contributed by atoms with Crippen LogP contribution in [0.2, 0.25) is 0 Å². The van der Waals surface area contributed by atoms with Crippen molar-refractivity contribution in [2.45, 2.75) is 39.5 Å². The number of aryl methyl sites for hydroxylation is 3. The first-order chi connectivity index (χ1) is 17.0. The number of carbonyl (C=O) groups is 1. The van der Waals surface area contributed by atoms with E-state index in [0.717, 1.165) is 45.2 Å². The first kappa shape index (κ1) is 24.2. The van der Waals surface area contributed by atoms with Gasteiger partial charge in [-0.05, 0) is 61.7 Å². The van der Waals surface area contributed by atoms with E-state index in [1.54, 1.807) is 6.20 Å². The molecule has 6 heteroatoms. The van der Waals surface area contributed by atoms with Gasteiger partial charge in [0.05, 0.1) is 25.1 Å². The van der Waals surface area contributed by atoms with Gasteiger partial charge in [0, 0.05) is 29.7 Å². The molecule has 2 heterocycles. The van der Waals surface area contributed by atoms with Gasteiger partial charge in [-0.2, -0.15) is 0 Å². The summed E-state index contributed by atoms with van der Waals surface area (Å²) in [5, 5.41) is 0. The molecule has 0 aliphatic carbocycles. The molecule has 180 valence electrons. The highest BCUT2D eigenvalue weighted by atomic mass is 16.5. The molecule has 0 saturated carbocycles. The average molecular weight is 471 g/mol. The highest BCUT2D eigenvalue weighted by Crippen LogP contribution is 2.33. The molecule has 0 amide bonds. The van der Waals surface area contributed by atoms with Crippen LogP contribution in [0.4, 0.5) is 0 Å². The van der Waals surface area contributed by atoms with Gasteiger partial charge in [0.15, 0.2) is 0 Å². The highest BCUT2D eigenvalue weighted by molar-refractivity contribution is 5.78. The fraction of sp³-hybridized carbons (Fsp3) is 0.276. The Morgan fingerprint density at radius 1 is 1.03 bits per heavy atom. The number of carbonyl (C=O) groups excluding carboxylic acids is 1. The van der Waals surface area contributed by atoms with Gasteiger partial charge in [0.1, 0.15) is 11.5 Å². The highest BCUT2D eigenvalue weighted by Gasteiger charge is 2.20. The molecule has 0 bridgehead atoms. The molecule has 0 aliphatic rings. The lowest BCUT2D eigenvalue weighted by Gasteiger charge is -2.13. The van der Waals surface area contributed by atoms with Crippen molar-refractivity contribution in [1.82, 2.24) is 9.97 Å². The second-order valence-electron chi connectivity index (χ2n) is 8.60. The summed E-state index contributed by atoms with van der Waals surface area (Å²) in [7, 11) is 1.41. The maximum Gasteiger partial charge on any atom is 0.305 e. The Kier molecular flexibility index (Phi) is 7.60. The van der Waals surface area contributed by atoms with Gasteiger partial charge < -0.3 is 13.9 Å². The molecular formula is C29H30N2O4. The van der Waals surface area contributed by atoms with E-state index in [2.05, 4.69) is 11.9 Å². The van der Waals surface area contributed by atoms with Gasteiger partial charge in [0.2, 0.25) is 5.89 Å². The minimum Gasteiger partial charge on any atom is -0.493 e. The summed E-state index contributed by atoms with van der Waals surface area (Å²) >= 11 is 0. The van der Waals surface area contributed by atoms with Gasteiger partial charge >= 0.3 is 5.97 Å². The number of methoxy groups -OCH3 is 1. The molecule has 0 spiro atoms. The lowest BCUT2D eigenvalue weighted by molar-refractivity contribution is -0.140. The van der Waals surface area contributed by atoms with Crippen LogP contribution in [0.5, 0.6) is 5.75 Å². The zero-order valence-corrected chi connectivity index (χ0v) is 20.6. The predicted molar refractivity (Wildman–Crippen MR) is 135 cm³/mol. The Hall–Kier alpha value is -3.93. The van der Waals surface area contributed by atoms with Crippen molar-refractivity contribution in [3.05, 3.63) is 89.4 Å². The Morgan fingerprint density at radius 2 is 1.80 bits per heavy atom. The molecule has 2 aromatic carbocycles. The average Bonchev–Trinajstić information content (AvgIpc) is 3.28. The largest absolute Gasteiger partial charge is 0.493 e. The maximum absolute atomic E-state index is 11.4. The van der Waals surface area contributed by atoms with Crippen LogP contribution >= 0.6 is 0 Å². The number of hydrogen-bond donors (Lipinski definition) is 0. The minimum absolute atomic E-state index is 0.0359. The fourth-order valence-electron chi connectivity index (χ4n) is 4.07. The Labute approximate surface area is 206 Å². The number of benzene rings is 2. The van der Waals surface area contributed by atoms with E-state index < -0.39 is 0 Å². The van der Waals surface area contributed by atoms with Gasteiger partial charge in [0.25, 0.3) is 0 Å². The van der Waals surface area contributed by atoms with Crippen molar-refractivity contribution in [1.29, 1.82) is 0 Å². The molecule has 4 aromatic rings. The number of oxazole rings is 1. The van der Waals surface area contributed by atoms with Crippen molar-refractivity contribution < 1.29 is 18.7 Å². The first-order valence-electron chi connectivity index (χ1n) is 11.7.